The summed E-state index contributed by atoms with van der Waals surface area (Å²) in [4.78, 5) is 18.3. The summed E-state index contributed by atoms with van der Waals surface area (Å²) < 4.78 is 0.908. The fraction of sp³-hybridized carbons (Fsp3) is 0.571. The van der Waals surface area contributed by atoms with Gasteiger partial charge in [0.2, 0.25) is 0 Å². The van der Waals surface area contributed by atoms with E-state index in [4.69, 9.17) is 0 Å². The van der Waals surface area contributed by atoms with E-state index >= 15 is 0 Å². The smallest absolute Gasteiger partial charge is 0.323 e. The third-order valence-corrected chi connectivity index (χ3v) is 3.90. The van der Waals surface area contributed by atoms with E-state index < -0.39 is 5.60 Å². The highest BCUT2D eigenvalue weighted by atomic mass is 79.9. The van der Waals surface area contributed by atoms with E-state index in [-0.39, 0.29) is 12.1 Å². The van der Waals surface area contributed by atoms with E-state index in [1.807, 2.05) is 13.0 Å². The minimum Gasteiger partial charge on any atom is -0.389 e. The number of halogens is 1. The summed E-state index contributed by atoms with van der Waals surface area (Å²) in [6.07, 6.45) is 1.99. The van der Waals surface area contributed by atoms with Crippen LogP contribution in [0.1, 0.15) is 32.4 Å². The molecule has 1 aliphatic carbocycles. The Kier molecular flexibility index (Phi) is 4.34. The predicted molar refractivity (Wildman–Crippen MR) is 81.7 cm³/mol. The summed E-state index contributed by atoms with van der Waals surface area (Å²) in [7, 11) is 0. The number of pyridine rings is 1. The van der Waals surface area contributed by atoms with E-state index in [0.29, 0.717) is 12.4 Å². The molecule has 0 spiro atoms. The van der Waals surface area contributed by atoms with Crippen LogP contribution in [0.2, 0.25) is 0 Å². The van der Waals surface area contributed by atoms with Crippen LogP contribution in [0.4, 0.5) is 10.6 Å². The molecule has 1 saturated carbocycles. The minimum atomic E-state index is -0.900. The molecule has 0 radical (unpaired) electrons. The maximum absolute atomic E-state index is 12.3. The van der Waals surface area contributed by atoms with Gasteiger partial charge in [0.15, 0.2) is 0 Å². The number of rotatable bonds is 4. The highest BCUT2D eigenvalue weighted by Gasteiger charge is 2.35. The fourth-order valence-electron chi connectivity index (χ4n) is 1.96. The van der Waals surface area contributed by atoms with E-state index in [9.17, 15) is 9.90 Å². The number of nitrogens with zero attached hydrogens (tertiary/aromatic N) is 2. The maximum Gasteiger partial charge on any atom is 0.323 e. The molecule has 2 amide bonds. The molecule has 6 heteroatoms. The van der Waals surface area contributed by atoms with Gasteiger partial charge in [0.05, 0.1) is 17.8 Å². The Bertz CT molecular complexity index is 510. The van der Waals surface area contributed by atoms with Gasteiger partial charge in [-0.05, 0) is 61.7 Å². The monoisotopic (exact) mass is 341 g/mol. The third-order valence-electron chi connectivity index (χ3n) is 3.06. The zero-order valence-corrected chi connectivity index (χ0v) is 13.6. The average molecular weight is 342 g/mol. The third kappa shape index (κ3) is 4.18. The van der Waals surface area contributed by atoms with E-state index in [1.165, 1.54) is 0 Å². The van der Waals surface area contributed by atoms with Crippen molar-refractivity contribution in [1.82, 2.24) is 9.88 Å². The van der Waals surface area contributed by atoms with Crippen LogP contribution < -0.4 is 5.32 Å². The van der Waals surface area contributed by atoms with Gasteiger partial charge in [-0.15, -0.1) is 0 Å². The number of aliphatic hydroxyl groups is 1. The van der Waals surface area contributed by atoms with Gasteiger partial charge in [-0.25, -0.2) is 9.78 Å². The number of carbonyl (C=O) groups is 1. The molecule has 1 fully saturated rings. The molecular weight excluding hydrogens is 322 g/mol. The predicted octanol–water partition coefficient (Wildman–Crippen LogP) is 2.92. The number of hydrogen-bond acceptors (Lipinski definition) is 3. The number of anilines is 1. The Balaban J connectivity index is 2.06. The topological polar surface area (TPSA) is 65.5 Å². The quantitative estimate of drug-likeness (QED) is 0.884. The number of hydrogen-bond donors (Lipinski definition) is 2. The second-order valence-corrected chi connectivity index (χ2v) is 6.72. The number of amides is 2. The Morgan fingerprint density at radius 3 is 2.70 bits per heavy atom. The van der Waals surface area contributed by atoms with Crippen LogP contribution in [-0.2, 0) is 0 Å². The lowest BCUT2D eigenvalue weighted by atomic mass is 10.1. The van der Waals surface area contributed by atoms with Crippen molar-refractivity contribution in [1.29, 1.82) is 0 Å². The molecular formula is C14H20BrN3O2. The van der Waals surface area contributed by atoms with Crippen LogP contribution in [0, 0.1) is 6.92 Å². The van der Waals surface area contributed by atoms with Crippen molar-refractivity contribution in [3.05, 3.63) is 22.3 Å². The summed E-state index contributed by atoms with van der Waals surface area (Å²) in [6.45, 7) is 5.60. The van der Waals surface area contributed by atoms with Crippen LogP contribution in [0.15, 0.2) is 16.6 Å². The molecule has 1 aromatic rings. The zero-order chi connectivity index (χ0) is 14.9. The van der Waals surface area contributed by atoms with Gasteiger partial charge in [-0.3, -0.25) is 5.32 Å². The van der Waals surface area contributed by atoms with Gasteiger partial charge in [0.1, 0.15) is 5.82 Å². The highest BCUT2D eigenvalue weighted by molar-refractivity contribution is 9.10. The molecule has 1 heterocycles. The molecule has 5 nitrogen and oxygen atoms in total. The normalized spacial score (nSPS) is 15.1. The zero-order valence-electron chi connectivity index (χ0n) is 12.0. The number of carbonyl (C=O) groups excluding carboxylic acids is 1. The molecule has 0 atom stereocenters. The Hall–Kier alpha value is -1.14. The first kappa shape index (κ1) is 15.3. The first-order valence-electron chi connectivity index (χ1n) is 6.69. The number of urea groups is 1. The molecule has 1 aromatic heterocycles. The first-order chi connectivity index (χ1) is 9.26. The van der Waals surface area contributed by atoms with Gasteiger partial charge in [0, 0.05) is 10.5 Å². The van der Waals surface area contributed by atoms with Crippen molar-refractivity contribution >= 4 is 27.8 Å². The van der Waals surface area contributed by atoms with E-state index in [1.54, 1.807) is 24.8 Å². The molecule has 20 heavy (non-hydrogen) atoms. The summed E-state index contributed by atoms with van der Waals surface area (Å²) in [5.74, 6) is 0.525. The van der Waals surface area contributed by atoms with Gasteiger partial charge in [-0.1, -0.05) is 0 Å². The summed E-state index contributed by atoms with van der Waals surface area (Å²) >= 11 is 3.38. The van der Waals surface area contributed by atoms with Crippen molar-refractivity contribution in [3.8, 4) is 0 Å². The van der Waals surface area contributed by atoms with Crippen molar-refractivity contribution in [3.63, 3.8) is 0 Å². The number of nitrogens with one attached hydrogen (secondary N) is 1. The van der Waals surface area contributed by atoms with Crippen molar-refractivity contribution < 1.29 is 9.90 Å². The highest BCUT2D eigenvalue weighted by Crippen LogP contribution is 2.29. The van der Waals surface area contributed by atoms with Crippen molar-refractivity contribution in [2.24, 2.45) is 0 Å². The lowest BCUT2D eigenvalue weighted by Gasteiger charge is -2.29. The molecule has 0 bridgehead atoms. The van der Waals surface area contributed by atoms with Crippen LogP contribution in [0.25, 0.3) is 0 Å². The van der Waals surface area contributed by atoms with E-state index in [0.717, 1.165) is 23.0 Å². The van der Waals surface area contributed by atoms with Crippen LogP contribution in [0.3, 0.4) is 0 Å². The molecule has 1 aliphatic rings. The molecule has 0 aromatic carbocycles. The summed E-state index contributed by atoms with van der Waals surface area (Å²) in [5, 5.41) is 12.7. The Morgan fingerprint density at radius 1 is 1.55 bits per heavy atom. The Morgan fingerprint density at radius 2 is 2.20 bits per heavy atom. The molecule has 2 rings (SSSR count). The molecule has 0 aliphatic heterocycles. The van der Waals surface area contributed by atoms with Crippen LogP contribution in [0.5, 0.6) is 0 Å². The Labute approximate surface area is 127 Å². The largest absolute Gasteiger partial charge is 0.389 e. The maximum atomic E-state index is 12.3. The molecule has 0 saturated heterocycles. The number of aromatic nitrogens is 1. The van der Waals surface area contributed by atoms with Gasteiger partial charge in [-0.2, -0.15) is 0 Å². The lowest BCUT2D eigenvalue weighted by Crippen LogP contribution is -2.45. The van der Waals surface area contributed by atoms with Crippen molar-refractivity contribution in [2.45, 2.75) is 45.3 Å². The van der Waals surface area contributed by atoms with Crippen LogP contribution >= 0.6 is 15.9 Å². The lowest BCUT2D eigenvalue weighted by molar-refractivity contribution is 0.0467. The number of aryl methyl sites for hydroxylation is 1. The first-order valence-corrected chi connectivity index (χ1v) is 7.49. The molecule has 0 unspecified atom stereocenters. The van der Waals surface area contributed by atoms with Gasteiger partial charge >= 0.3 is 6.03 Å². The average Bonchev–Trinajstić information content (AvgIpc) is 3.14. The fourth-order valence-corrected chi connectivity index (χ4v) is 2.19. The van der Waals surface area contributed by atoms with Gasteiger partial charge < -0.3 is 10.0 Å². The minimum absolute atomic E-state index is 0.205. The second-order valence-electron chi connectivity index (χ2n) is 5.87. The molecule has 110 valence electrons. The standard InChI is InChI=1S/C14H20BrN3O2/c1-9-11(15)6-7-12(16-9)17-13(19)18(10-4-5-10)8-14(2,3)20/h6-7,10,20H,4-5,8H2,1-3H3,(H,16,17,19). The van der Waals surface area contributed by atoms with E-state index in [2.05, 4.69) is 26.2 Å². The summed E-state index contributed by atoms with van der Waals surface area (Å²) in [5.41, 5.74) is -0.0773. The second kappa shape index (κ2) is 5.69. The summed E-state index contributed by atoms with van der Waals surface area (Å²) in [6, 6.07) is 3.64. The molecule has 2 N–H and O–H groups in total. The van der Waals surface area contributed by atoms with Crippen LogP contribution in [-0.4, -0.2) is 39.2 Å². The SMILES string of the molecule is Cc1nc(NC(=O)N(CC(C)(C)O)C2CC2)ccc1Br. The van der Waals surface area contributed by atoms with Crippen molar-refractivity contribution in [2.75, 3.05) is 11.9 Å². The van der Waals surface area contributed by atoms with Gasteiger partial charge in [0.25, 0.3) is 0 Å².